The summed E-state index contributed by atoms with van der Waals surface area (Å²) in [6, 6.07) is -0.578. The molecule has 1 atom stereocenters. The molecule has 3 amide bonds. The van der Waals surface area contributed by atoms with Crippen LogP contribution in [0.25, 0.3) is 0 Å². The Morgan fingerprint density at radius 2 is 2.19 bits per heavy atom. The molecule has 0 aliphatic carbocycles. The molecule has 5 nitrogen and oxygen atoms in total. The van der Waals surface area contributed by atoms with E-state index in [2.05, 4.69) is 5.32 Å². The van der Waals surface area contributed by atoms with Gasteiger partial charge < -0.3 is 11.1 Å². The molecule has 3 N–H and O–H groups in total. The molecule has 1 heterocycles. The van der Waals surface area contributed by atoms with Crippen LogP contribution in [0.4, 0.5) is 4.79 Å². The van der Waals surface area contributed by atoms with Gasteiger partial charge in [0.2, 0.25) is 0 Å². The summed E-state index contributed by atoms with van der Waals surface area (Å²) in [5, 5.41) is 2.71. The van der Waals surface area contributed by atoms with Crippen molar-refractivity contribution in [1.29, 1.82) is 0 Å². The quantitative estimate of drug-likeness (QED) is 0.503. The Morgan fingerprint density at radius 3 is 2.81 bits per heavy atom. The molecule has 1 saturated heterocycles. The first-order valence-corrected chi connectivity index (χ1v) is 6.91. The second kappa shape index (κ2) is 6.75. The van der Waals surface area contributed by atoms with E-state index >= 15 is 0 Å². The van der Waals surface area contributed by atoms with E-state index < -0.39 is 0 Å². The molecule has 0 radical (unpaired) electrons. The third-order valence-electron chi connectivity index (χ3n) is 2.55. The number of hydrogen-bond donors (Lipinski definition) is 2. The summed E-state index contributed by atoms with van der Waals surface area (Å²) in [7, 11) is 0. The lowest BCUT2D eigenvalue weighted by Crippen LogP contribution is -2.32. The number of amides is 3. The monoisotopic (exact) mass is 245 g/mol. The number of carbonyl (C=O) groups excluding carboxylic acids is 2. The molecule has 6 heteroatoms. The van der Waals surface area contributed by atoms with Gasteiger partial charge in [0.15, 0.2) is 0 Å². The van der Waals surface area contributed by atoms with E-state index in [0.29, 0.717) is 19.5 Å². The molecule has 1 rings (SSSR count). The number of imide groups is 1. The summed E-state index contributed by atoms with van der Waals surface area (Å²) in [6.45, 7) is 1.08. The largest absolute Gasteiger partial charge is 0.330 e. The average Bonchev–Trinajstić information content (AvgIpc) is 2.54. The number of nitrogens with one attached hydrogen (secondary N) is 1. The van der Waals surface area contributed by atoms with Crippen LogP contribution in [0.5, 0.6) is 0 Å². The van der Waals surface area contributed by atoms with Crippen molar-refractivity contribution >= 4 is 23.7 Å². The lowest BCUT2D eigenvalue weighted by Gasteiger charge is -2.12. The highest BCUT2D eigenvalue weighted by molar-refractivity contribution is 7.98. The minimum Gasteiger partial charge on any atom is -0.330 e. The lowest BCUT2D eigenvalue weighted by atomic mass is 10.2. The highest BCUT2D eigenvalue weighted by atomic mass is 32.2. The van der Waals surface area contributed by atoms with Crippen molar-refractivity contribution in [3.63, 3.8) is 0 Å². The summed E-state index contributed by atoms with van der Waals surface area (Å²) in [5.74, 6) is 0.795. The van der Waals surface area contributed by atoms with Crippen molar-refractivity contribution in [2.75, 3.05) is 25.1 Å². The van der Waals surface area contributed by atoms with E-state index in [1.165, 1.54) is 4.90 Å². The van der Waals surface area contributed by atoms with Crippen LogP contribution in [-0.2, 0) is 4.79 Å². The SMILES string of the molecule is CSCCC1NC(=O)N(CCCCN)C1=O. The fourth-order valence-corrected chi connectivity index (χ4v) is 2.11. The van der Waals surface area contributed by atoms with Crippen LogP contribution < -0.4 is 11.1 Å². The number of urea groups is 1. The summed E-state index contributed by atoms with van der Waals surface area (Å²) in [6.07, 6.45) is 4.32. The third-order valence-corrected chi connectivity index (χ3v) is 3.20. The van der Waals surface area contributed by atoms with Crippen molar-refractivity contribution in [1.82, 2.24) is 10.2 Å². The zero-order valence-corrected chi connectivity index (χ0v) is 10.4. The van der Waals surface area contributed by atoms with E-state index in [0.717, 1.165) is 18.6 Å². The second-order valence-electron chi connectivity index (χ2n) is 3.77. The molecule has 16 heavy (non-hydrogen) atoms. The Labute approximate surface area is 100 Å². The summed E-state index contributed by atoms with van der Waals surface area (Å²) in [4.78, 5) is 24.6. The fraction of sp³-hybridized carbons (Fsp3) is 0.800. The van der Waals surface area contributed by atoms with Gasteiger partial charge in [-0.3, -0.25) is 9.69 Å². The van der Waals surface area contributed by atoms with Crippen LogP contribution in [0.15, 0.2) is 0 Å². The smallest absolute Gasteiger partial charge is 0.324 e. The van der Waals surface area contributed by atoms with Crippen LogP contribution in [-0.4, -0.2) is 48.0 Å². The molecule has 0 bridgehead atoms. The molecule has 1 fully saturated rings. The maximum absolute atomic E-state index is 11.8. The first-order valence-electron chi connectivity index (χ1n) is 5.51. The Hall–Kier alpha value is -0.750. The normalized spacial score (nSPS) is 20.4. The van der Waals surface area contributed by atoms with E-state index in [9.17, 15) is 9.59 Å². The van der Waals surface area contributed by atoms with Crippen LogP contribution in [0.3, 0.4) is 0 Å². The Morgan fingerprint density at radius 1 is 1.44 bits per heavy atom. The van der Waals surface area contributed by atoms with Gasteiger partial charge in [0.25, 0.3) is 5.91 Å². The van der Waals surface area contributed by atoms with Crippen molar-refractivity contribution < 1.29 is 9.59 Å². The van der Waals surface area contributed by atoms with E-state index in [4.69, 9.17) is 5.73 Å². The number of hydrogen-bond acceptors (Lipinski definition) is 4. The standard InChI is InChI=1S/C10H19N3O2S/c1-16-7-4-8-9(14)13(10(15)12-8)6-3-2-5-11/h8H,2-7,11H2,1H3,(H,12,15). The molecule has 1 aliphatic heterocycles. The Kier molecular flexibility index (Phi) is 5.62. The summed E-state index contributed by atoms with van der Waals surface area (Å²) in [5.41, 5.74) is 5.37. The molecule has 1 aliphatic rings. The Balaban J connectivity index is 2.41. The van der Waals surface area contributed by atoms with Gasteiger partial charge in [0.05, 0.1) is 0 Å². The van der Waals surface area contributed by atoms with Crippen molar-refractivity contribution in [3.8, 4) is 0 Å². The van der Waals surface area contributed by atoms with Crippen LogP contribution in [0.1, 0.15) is 19.3 Å². The molecular formula is C10H19N3O2S. The molecule has 0 aromatic heterocycles. The van der Waals surface area contributed by atoms with Crippen LogP contribution in [0.2, 0.25) is 0 Å². The molecular weight excluding hydrogens is 226 g/mol. The topological polar surface area (TPSA) is 75.4 Å². The molecule has 92 valence electrons. The number of thioether (sulfide) groups is 1. The second-order valence-corrected chi connectivity index (χ2v) is 4.75. The third kappa shape index (κ3) is 3.38. The van der Waals surface area contributed by atoms with Gasteiger partial charge in [-0.2, -0.15) is 11.8 Å². The summed E-state index contributed by atoms with van der Waals surface area (Å²) >= 11 is 1.68. The number of rotatable bonds is 7. The van der Waals surface area contributed by atoms with E-state index in [1.807, 2.05) is 6.26 Å². The van der Waals surface area contributed by atoms with Gasteiger partial charge in [0, 0.05) is 6.54 Å². The van der Waals surface area contributed by atoms with Gasteiger partial charge in [-0.25, -0.2) is 4.79 Å². The van der Waals surface area contributed by atoms with Gasteiger partial charge in [-0.05, 0) is 37.8 Å². The number of nitrogens with zero attached hydrogens (tertiary/aromatic N) is 1. The first-order chi connectivity index (χ1) is 7.70. The minimum atomic E-state index is -0.321. The average molecular weight is 245 g/mol. The summed E-state index contributed by atoms with van der Waals surface area (Å²) < 4.78 is 0. The highest BCUT2D eigenvalue weighted by Gasteiger charge is 2.36. The maximum Gasteiger partial charge on any atom is 0.324 e. The molecule has 0 saturated carbocycles. The van der Waals surface area contributed by atoms with Crippen molar-refractivity contribution in [2.45, 2.75) is 25.3 Å². The van der Waals surface area contributed by atoms with Gasteiger partial charge in [-0.1, -0.05) is 0 Å². The van der Waals surface area contributed by atoms with Gasteiger partial charge in [-0.15, -0.1) is 0 Å². The zero-order chi connectivity index (χ0) is 12.0. The van der Waals surface area contributed by atoms with Crippen LogP contribution >= 0.6 is 11.8 Å². The van der Waals surface area contributed by atoms with Crippen molar-refractivity contribution in [2.24, 2.45) is 5.73 Å². The number of unbranched alkanes of at least 4 members (excludes halogenated alkanes) is 1. The van der Waals surface area contributed by atoms with Gasteiger partial charge >= 0.3 is 6.03 Å². The molecule has 0 aromatic rings. The number of nitrogens with two attached hydrogens (primary N) is 1. The number of carbonyl (C=O) groups is 2. The first kappa shape index (κ1) is 13.3. The van der Waals surface area contributed by atoms with Crippen LogP contribution in [0, 0.1) is 0 Å². The van der Waals surface area contributed by atoms with Crippen molar-refractivity contribution in [3.05, 3.63) is 0 Å². The molecule has 0 spiro atoms. The predicted molar refractivity (Wildman–Crippen MR) is 65.3 cm³/mol. The molecule has 1 unspecified atom stereocenters. The van der Waals surface area contributed by atoms with Gasteiger partial charge in [0.1, 0.15) is 6.04 Å². The Bertz CT molecular complexity index is 260. The zero-order valence-electron chi connectivity index (χ0n) is 9.57. The van der Waals surface area contributed by atoms with E-state index in [1.54, 1.807) is 11.8 Å². The van der Waals surface area contributed by atoms with E-state index in [-0.39, 0.29) is 18.0 Å². The maximum atomic E-state index is 11.8. The highest BCUT2D eigenvalue weighted by Crippen LogP contribution is 2.12. The minimum absolute atomic E-state index is 0.0870. The predicted octanol–water partition coefficient (Wildman–Crippen LogP) is 0.399. The molecule has 0 aromatic carbocycles. The fourth-order valence-electron chi connectivity index (χ4n) is 1.63. The lowest BCUT2D eigenvalue weighted by molar-refractivity contribution is -0.127.